The Morgan fingerprint density at radius 3 is 2.56 bits per heavy atom. The molecule has 3 rings (SSSR count). The lowest BCUT2D eigenvalue weighted by molar-refractivity contribution is -0.908. The van der Waals surface area contributed by atoms with Crippen LogP contribution in [0.2, 0.25) is 0 Å². The van der Waals surface area contributed by atoms with Crippen LogP contribution in [0.3, 0.4) is 0 Å². The predicted octanol–water partition coefficient (Wildman–Crippen LogP) is 0.864. The number of carbonyl (C=O) groups excluding carboxylic acids is 2. The Morgan fingerprint density at radius 1 is 1.26 bits per heavy atom. The van der Waals surface area contributed by atoms with Gasteiger partial charge in [-0.05, 0) is 37.6 Å². The first-order valence-electron chi connectivity index (χ1n) is 9.31. The van der Waals surface area contributed by atoms with Crippen LogP contribution in [0.25, 0.3) is 0 Å². The number of benzene rings is 1. The van der Waals surface area contributed by atoms with E-state index < -0.39 is 0 Å². The zero-order valence-electron chi connectivity index (χ0n) is 16.4. The van der Waals surface area contributed by atoms with E-state index in [-0.39, 0.29) is 24.3 Å². The van der Waals surface area contributed by atoms with Gasteiger partial charge in [0.25, 0.3) is 5.91 Å². The molecule has 1 aromatic heterocycles. The number of aryl methyl sites for hydroxylation is 2. The number of aromatic nitrogens is 2. The smallest absolute Gasteiger partial charge is 0.292 e. The number of amides is 2. The van der Waals surface area contributed by atoms with Gasteiger partial charge in [0.05, 0.1) is 31.5 Å². The van der Waals surface area contributed by atoms with Crippen molar-refractivity contribution in [1.82, 2.24) is 9.78 Å². The number of quaternary nitrogens is 1. The summed E-state index contributed by atoms with van der Waals surface area (Å²) in [6.07, 6.45) is 3.11. The quantitative estimate of drug-likeness (QED) is 0.733. The first-order valence-corrected chi connectivity index (χ1v) is 9.31. The van der Waals surface area contributed by atoms with Crippen LogP contribution in [0, 0.1) is 6.92 Å². The highest BCUT2D eigenvalue weighted by atomic mass is 16.5. The van der Waals surface area contributed by atoms with Gasteiger partial charge < -0.3 is 9.64 Å². The van der Waals surface area contributed by atoms with Crippen LogP contribution in [-0.4, -0.2) is 41.3 Å². The molecule has 1 aliphatic heterocycles. The van der Waals surface area contributed by atoms with E-state index in [2.05, 4.69) is 5.10 Å². The first kappa shape index (κ1) is 19.1. The summed E-state index contributed by atoms with van der Waals surface area (Å²) >= 11 is 0. The van der Waals surface area contributed by atoms with Crippen molar-refractivity contribution in [3.63, 3.8) is 0 Å². The van der Waals surface area contributed by atoms with E-state index in [1.807, 2.05) is 34.1 Å². The standard InChI is InChI=1S/C20H26N4O3/c1-5-10-27-17-8-6-16(7-9-17)24-19(25)11-18(20(24)26)22(3)12-15-13-23(4)21-14(15)2/h6-9,13,18H,5,10-12H2,1-4H3/p+1/t18-/m0/s1. The number of hydrogen-bond donors (Lipinski definition) is 1. The van der Waals surface area contributed by atoms with E-state index in [0.717, 1.165) is 28.3 Å². The largest absolute Gasteiger partial charge is 0.494 e. The van der Waals surface area contributed by atoms with Gasteiger partial charge in [-0.2, -0.15) is 5.10 Å². The summed E-state index contributed by atoms with van der Waals surface area (Å²) in [4.78, 5) is 27.7. The number of ether oxygens (including phenoxy) is 1. The Balaban J connectivity index is 1.71. The van der Waals surface area contributed by atoms with Crippen molar-refractivity contribution < 1.29 is 19.2 Å². The molecule has 0 aliphatic carbocycles. The molecule has 2 heterocycles. The maximum Gasteiger partial charge on any atom is 0.292 e. The molecular formula is C20H27N4O3+. The number of carbonyl (C=O) groups is 2. The van der Waals surface area contributed by atoms with Crippen LogP contribution >= 0.6 is 0 Å². The topological polar surface area (TPSA) is 68.9 Å². The molecule has 7 heteroatoms. The average molecular weight is 371 g/mol. The molecule has 1 unspecified atom stereocenters. The molecule has 1 aliphatic rings. The third-order valence-electron chi connectivity index (χ3n) is 4.89. The molecule has 1 saturated heterocycles. The molecular weight excluding hydrogens is 344 g/mol. The number of nitrogens with zero attached hydrogens (tertiary/aromatic N) is 3. The van der Waals surface area contributed by atoms with Crippen LogP contribution in [-0.2, 0) is 23.2 Å². The molecule has 27 heavy (non-hydrogen) atoms. The zero-order valence-corrected chi connectivity index (χ0v) is 16.4. The molecule has 0 spiro atoms. The van der Waals surface area contributed by atoms with Gasteiger partial charge in [-0.15, -0.1) is 0 Å². The van der Waals surface area contributed by atoms with Gasteiger partial charge in [0, 0.05) is 18.8 Å². The van der Waals surface area contributed by atoms with Crippen LogP contribution in [0.15, 0.2) is 30.5 Å². The highest BCUT2D eigenvalue weighted by molar-refractivity contribution is 6.21. The van der Waals surface area contributed by atoms with Crippen molar-refractivity contribution >= 4 is 17.5 Å². The number of anilines is 1. The van der Waals surface area contributed by atoms with Gasteiger partial charge in [-0.25, -0.2) is 4.90 Å². The van der Waals surface area contributed by atoms with Gasteiger partial charge >= 0.3 is 0 Å². The molecule has 2 atom stereocenters. The van der Waals surface area contributed by atoms with Crippen LogP contribution in [0.1, 0.15) is 31.0 Å². The fourth-order valence-electron chi connectivity index (χ4n) is 3.45. The Hall–Kier alpha value is -2.67. The van der Waals surface area contributed by atoms with Gasteiger partial charge in [0.15, 0.2) is 6.04 Å². The van der Waals surface area contributed by atoms with Gasteiger partial charge in [-0.3, -0.25) is 14.3 Å². The summed E-state index contributed by atoms with van der Waals surface area (Å²) in [5, 5.41) is 4.35. The summed E-state index contributed by atoms with van der Waals surface area (Å²) < 4.78 is 7.34. The number of rotatable bonds is 7. The average Bonchev–Trinajstić information content (AvgIpc) is 3.11. The van der Waals surface area contributed by atoms with Crippen molar-refractivity contribution in [2.45, 2.75) is 39.3 Å². The van der Waals surface area contributed by atoms with Crippen LogP contribution in [0.5, 0.6) is 5.75 Å². The SMILES string of the molecule is CCCOc1ccc(N2C(=O)C[C@H]([NH+](C)Cc3cn(C)nc3C)C2=O)cc1. The van der Waals surface area contributed by atoms with Crippen LogP contribution < -0.4 is 14.5 Å². The second-order valence-corrected chi connectivity index (χ2v) is 7.10. The second kappa shape index (κ2) is 7.92. The second-order valence-electron chi connectivity index (χ2n) is 7.10. The Kier molecular flexibility index (Phi) is 5.60. The van der Waals surface area contributed by atoms with Gasteiger partial charge in [-0.1, -0.05) is 6.92 Å². The van der Waals surface area contributed by atoms with Crippen molar-refractivity contribution in [2.75, 3.05) is 18.6 Å². The van der Waals surface area contributed by atoms with E-state index >= 15 is 0 Å². The molecule has 7 nitrogen and oxygen atoms in total. The highest BCUT2D eigenvalue weighted by Crippen LogP contribution is 2.24. The molecule has 1 N–H and O–H groups in total. The summed E-state index contributed by atoms with van der Waals surface area (Å²) in [5.41, 5.74) is 2.64. The summed E-state index contributed by atoms with van der Waals surface area (Å²) in [5.74, 6) is 0.432. The van der Waals surface area contributed by atoms with Crippen molar-refractivity contribution in [3.05, 3.63) is 41.7 Å². The fraction of sp³-hybridized carbons (Fsp3) is 0.450. The third kappa shape index (κ3) is 4.03. The fourth-order valence-corrected chi connectivity index (χ4v) is 3.45. The van der Waals surface area contributed by atoms with Crippen LogP contribution in [0.4, 0.5) is 5.69 Å². The molecule has 2 aromatic rings. The molecule has 1 aromatic carbocycles. The van der Waals surface area contributed by atoms with Crippen molar-refractivity contribution in [1.29, 1.82) is 0 Å². The van der Waals surface area contributed by atoms with Gasteiger partial charge in [0.1, 0.15) is 12.3 Å². The Bertz CT molecular complexity index is 828. The monoisotopic (exact) mass is 371 g/mol. The zero-order chi connectivity index (χ0) is 19.6. The molecule has 0 saturated carbocycles. The van der Waals surface area contributed by atoms with E-state index in [9.17, 15) is 9.59 Å². The number of nitrogens with one attached hydrogen (secondary N) is 1. The predicted molar refractivity (Wildman–Crippen MR) is 102 cm³/mol. The van der Waals surface area contributed by atoms with E-state index in [0.29, 0.717) is 18.8 Å². The van der Waals surface area contributed by atoms with E-state index in [4.69, 9.17) is 4.74 Å². The third-order valence-corrected chi connectivity index (χ3v) is 4.89. The Labute approximate surface area is 159 Å². The van der Waals surface area contributed by atoms with E-state index in [1.54, 1.807) is 28.9 Å². The minimum atomic E-state index is -0.381. The summed E-state index contributed by atoms with van der Waals surface area (Å²) in [6, 6.07) is 6.75. The lowest BCUT2D eigenvalue weighted by atomic mass is 10.2. The summed E-state index contributed by atoms with van der Waals surface area (Å²) in [7, 11) is 3.83. The maximum absolute atomic E-state index is 12.9. The lowest BCUT2D eigenvalue weighted by Gasteiger charge is -2.20. The molecule has 144 valence electrons. The molecule has 0 bridgehead atoms. The Morgan fingerprint density at radius 2 is 1.96 bits per heavy atom. The first-order chi connectivity index (χ1) is 12.9. The molecule has 0 radical (unpaired) electrons. The summed E-state index contributed by atoms with van der Waals surface area (Å²) in [6.45, 7) is 5.30. The maximum atomic E-state index is 12.9. The lowest BCUT2D eigenvalue weighted by Crippen LogP contribution is -3.12. The number of likely N-dealkylation sites (N-methyl/N-ethyl adjacent to an activating group) is 1. The molecule has 1 fully saturated rings. The van der Waals surface area contributed by atoms with Crippen molar-refractivity contribution in [3.8, 4) is 5.75 Å². The number of hydrogen-bond acceptors (Lipinski definition) is 4. The van der Waals surface area contributed by atoms with E-state index in [1.165, 1.54) is 4.90 Å². The normalized spacial score (nSPS) is 18.2. The minimum Gasteiger partial charge on any atom is -0.494 e. The molecule has 2 amide bonds. The highest BCUT2D eigenvalue weighted by Gasteiger charge is 2.44. The van der Waals surface area contributed by atoms with Gasteiger partial charge in [0.2, 0.25) is 5.91 Å². The van der Waals surface area contributed by atoms with Crippen molar-refractivity contribution in [2.24, 2.45) is 7.05 Å². The number of imide groups is 1. The minimum absolute atomic E-state index is 0.152.